The fourth-order valence-electron chi connectivity index (χ4n) is 2.32. The summed E-state index contributed by atoms with van der Waals surface area (Å²) in [6, 6.07) is 16.1. The first-order chi connectivity index (χ1) is 12.1. The van der Waals surface area contributed by atoms with Crippen LogP contribution in [0.4, 0.5) is 11.4 Å². The molecule has 126 valence electrons. The number of anilines is 1. The van der Waals surface area contributed by atoms with Gasteiger partial charge in [-0.25, -0.2) is 0 Å². The Balaban J connectivity index is 1.82. The van der Waals surface area contributed by atoms with Crippen LogP contribution in [0.15, 0.2) is 65.1 Å². The molecule has 1 amide bonds. The van der Waals surface area contributed by atoms with Gasteiger partial charge in [0.05, 0.1) is 17.7 Å². The zero-order valence-electron chi connectivity index (χ0n) is 13.3. The van der Waals surface area contributed by atoms with Crippen molar-refractivity contribution in [2.24, 2.45) is 0 Å². The molecule has 0 spiro atoms. The quantitative estimate of drug-likeness (QED) is 0.558. The standard InChI is InChI=1S/C18H14N2O5/c1-24-16-8-3-2-7-14(16)19-18(21)17-10-9-15(25-17)12-5-4-6-13(11-12)20(22)23/h2-11H,1H3,(H,19,21). The van der Waals surface area contributed by atoms with Crippen molar-refractivity contribution in [2.75, 3.05) is 12.4 Å². The summed E-state index contributed by atoms with van der Waals surface area (Å²) in [6.07, 6.45) is 0. The van der Waals surface area contributed by atoms with Crippen molar-refractivity contribution in [2.45, 2.75) is 0 Å². The number of benzene rings is 2. The SMILES string of the molecule is COc1ccccc1NC(=O)c1ccc(-c2cccc([N+](=O)[O-])c2)o1. The van der Waals surface area contributed by atoms with Gasteiger partial charge >= 0.3 is 0 Å². The highest BCUT2D eigenvalue weighted by Gasteiger charge is 2.15. The van der Waals surface area contributed by atoms with E-state index in [9.17, 15) is 14.9 Å². The predicted octanol–water partition coefficient (Wildman–Crippen LogP) is 4.12. The molecule has 1 N–H and O–H groups in total. The van der Waals surface area contributed by atoms with Crippen LogP contribution in [0, 0.1) is 10.1 Å². The van der Waals surface area contributed by atoms with Crippen LogP contribution in [0.3, 0.4) is 0 Å². The largest absolute Gasteiger partial charge is 0.495 e. The van der Waals surface area contributed by atoms with Crippen LogP contribution < -0.4 is 10.1 Å². The number of nitrogens with one attached hydrogen (secondary N) is 1. The van der Waals surface area contributed by atoms with Crippen molar-refractivity contribution in [3.8, 4) is 17.1 Å². The summed E-state index contributed by atoms with van der Waals surface area (Å²) < 4.78 is 10.7. The third-order valence-electron chi connectivity index (χ3n) is 3.53. The highest BCUT2D eigenvalue weighted by atomic mass is 16.6. The molecule has 0 aliphatic rings. The van der Waals surface area contributed by atoms with Crippen LogP contribution >= 0.6 is 0 Å². The first-order valence-electron chi connectivity index (χ1n) is 7.37. The topological polar surface area (TPSA) is 94.6 Å². The van der Waals surface area contributed by atoms with E-state index >= 15 is 0 Å². The predicted molar refractivity (Wildman–Crippen MR) is 91.7 cm³/mol. The number of methoxy groups -OCH3 is 1. The van der Waals surface area contributed by atoms with Crippen molar-refractivity contribution in [1.82, 2.24) is 0 Å². The number of non-ortho nitro benzene ring substituents is 1. The second-order valence-corrected chi connectivity index (χ2v) is 5.13. The van der Waals surface area contributed by atoms with Crippen molar-refractivity contribution in [1.29, 1.82) is 0 Å². The Morgan fingerprint density at radius 3 is 2.68 bits per heavy atom. The maximum Gasteiger partial charge on any atom is 0.291 e. The fourth-order valence-corrected chi connectivity index (χ4v) is 2.32. The number of para-hydroxylation sites is 2. The molecule has 0 bridgehead atoms. The summed E-state index contributed by atoms with van der Waals surface area (Å²) in [5.41, 5.74) is 0.989. The molecule has 3 rings (SSSR count). The maximum atomic E-state index is 12.3. The van der Waals surface area contributed by atoms with Gasteiger partial charge in [-0.3, -0.25) is 14.9 Å². The summed E-state index contributed by atoms with van der Waals surface area (Å²) in [5, 5.41) is 13.6. The minimum atomic E-state index is -0.484. The molecule has 2 aromatic carbocycles. The Hall–Kier alpha value is -3.61. The number of hydrogen-bond donors (Lipinski definition) is 1. The van der Waals surface area contributed by atoms with E-state index in [1.54, 1.807) is 42.5 Å². The average molecular weight is 338 g/mol. The van der Waals surface area contributed by atoms with Crippen LogP contribution in [0.1, 0.15) is 10.6 Å². The van der Waals surface area contributed by atoms with E-state index in [1.165, 1.54) is 25.3 Å². The van der Waals surface area contributed by atoms with E-state index in [2.05, 4.69) is 5.32 Å². The van der Waals surface area contributed by atoms with Gasteiger partial charge < -0.3 is 14.5 Å². The molecule has 1 heterocycles. The number of carbonyl (C=O) groups excluding carboxylic acids is 1. The van der Waals surface area contributed by atoms with Crippen LogP contribution in [0.2, 0.25) is 0 Å². The number of nitrogens with zero attached hydrogens (tertiary/aromatic N) is 1. The van der Waals surface area contributed by atoms with Crippen molar-refractivity contribution < 1.29 is 18.9 Å². The number of nitro groups is 1. The van der Waals surface area contributed by atoms with Crippen molar-refractivity contribution in [3.63, 3.8) is 0 Å². The van der Waals surface area contributed by atoms with Gasteiger partial charge in [0.2, 0.25) is 0 Å². The molecule has 0 saturated carbocycles. The van der Waals surface area contributed by atoms with Crippen LogP contribution in [-0.2, 0) is 0 Å². The lowest BCUT2D eigenvalue weighted by Crippen LogP contribution is -2.11. The third-order valence-corrected chi connectivity index (χ3v) is 3.53. The fraction of sp³-hybridized carbons (Fsp3) is 0.0556. The molecule has 7 heteroatoms. The minimum Gasteiger partial charge on any atom is -0.495 e. The van der Waals surface area contributed by atoms with E-state index in [0.29, 0.717) is 22.8 Å². The summed E-state index contributed by atoms with van der Waals surface area (Å²) in [5.74, 6) is 0.545. The van der Waals surface area contributed by atoms with E-state index in [0.717, 1.165) is 0 Å². The summed E-state index contributed by atoms with van der Waals surface area (Å²) in [6.45, 7) is 0. The first-order valence-corrected chi connectivity index (χ1v) is 7.37. The van der Waals surface area contributed by atoms with E-state index < -0.39 is 10.8 Å². The molecule has 1 aromatic heterocycles. The molecule has 25 heavy (non-hydrogen) atoms. The summed E-state index contributed by atoms with van der Waals surface area (Å²) in [4.78, 5) is 22.7. The normalized spacial score (nSPS) is 10.3. The van der Waals surface area contributed by atoms with Gasteiger partial charge in [-0.2, -0.15) is 0 Å². The number of carbonyl (C=O) groups is 1. The van der Waals surface area contributed by atoms with Crippen LogP contribution in [0.25, 0.3) is 11.3 Å². The van der Waals surface area contributed by atoms with Gasteiger partial charge in [0, 0.05) is 17.7 Å². The number of ether oxygens (including phenoxy) is 1. The minimum absolute atomic E-state index is 0.0473. The number of rotatable bonds is 5. The first kappa shape index (κ1) is 16.3. The van der Waals surface area contributed by atoms with Gasteiger partial charge in [-0.1, -0.05) is 24.3 Å². The number of hydrogen-bond acceptors (Lipinski definition) is 5. The Kier molecular flexibility index (Phi) is 4.47. The molecule has 0 radical (unpaired) electrons. The van der Waals surface area contributed by atoms with Gasteiger partial charge in [0.25, 0.3) is 11.6 Å². The highest BCUT2D eigenvalue weighted by molar-refractivity contribution is 6.03. The Morgan fingerprint density at radius 2 is 1.92 bits per heavy atom. The number of amides is 1. The lowest BCUT2D eigenvalue weighted by atomic mass is 10.1. The molecular weight excluding hydrogens is 324 g/mol. The third kappa shape index (κ3) is 3.50. The molecule has 0 atom stereocenters. The Labute approximate surface area is 143 Å². The highest BCUT2D eigenvalue weighted by Crippen LogP contribution is 2.27. The lowest BCUT2D eigenvalue weighted by molar-refractivity contribution is -0.384. The molecule has 0 fully saturated rings. The Morgan fingerprint density at radius 1 is 1.12 bits per heavy atom. The molecule has 0 unspecified atom stereocenters. The number of furan rings is 1. The molecular formula is C18H14N2O5. The average Bonchev–Trinajstić information content (AvgIpc) is 3.12. The van der Waals surface area contributed by atoms with E-state index in [-0.39, 0.29) is 11.4 Å². The monoisotopic (exact) mass is 338 g/mol. The molecule has 0 aliphatic heterocycles. The lowest BCUT2D eigenvalue weighted by Gasteiger charge is -2.08. The van der Waals surface area contributed by atoms with Gasteiger partial charge in [0.1, 0.15) is 11.5 Å². The van der Waals surface area contributed by atoms with Gasteiger partial charge in [0.15, 0.2) is 5.76 Å². The van der Waals surface area contributed by atoms with E-state index in [1.807, 2.05) is 0 Å². The smallest absolute Gasteiger partial charge is 0.291 e. The van der Waals surface area contributed by atoms with Crippen molar-refractivity contribution >= 4 is 17.3 Å². The summed E-state index contributed by atoms with van der Waals surface area (Å²) >= 11 is 0. The second-order valence-electron chi connectivity index (χ2n) is 5.13. The number of nitro benzene ring substituents is 1. The van der Waals surface area contributed by atoms with E-state index in [4.69, 9.17) is 9.15 Å². The zero-order chi connectivity index (χ0) is 17.8. The second kappa shape index (κ2) is 6.88. The molecule has 0 saturated heterocycles. The van der Waals surface area contributed by atoms with Gasteiger partial charge in [-0.05, 0) is 24.3 Å². The molecule has 7 nitrogen and oxygen atoms in total. The van der Waals surface area contributed by atoms with Crippen LogP contribution in [0.5, 0.6) is 5.75 Å². The molecule has 3 aromatic rings. The Bertz CT molecular complexity index is 932. The molecule has 0 aliphatic carbocycles. The zero-order valence-corrected chi connectivity index (χ0v) is 13.3. The summed E-state index contributed by atoms with van der Waals surface area (Å²) in [7, 11) is 1.51. The van der Waals surface area contributed by atoms with Crippen molar-refractivity contribution in [3.05, 3.63) is 76.5 Å². The van der Waals surface area contributed by atoms with Gasteiger partial charge in [-0.15, -0.1) is 0 Å². The maximum absolute atomic E-state index is 12.3. The van der Waals surface area contributed by atoms with Crippen LogP contribution in [-0.4, -0.2) is 17.9 Å².